The lowest BCUT2D eigenvalue weighted by Crippen LogP contribution is -2.27. The molecule has 0 aliphatic rings. The highest BCUT2D eigenvalue weighted by Crippen LogP contribution is 2.25. The van der Waals surface area contributed by atoms with Crippen LogP contribution >= 0.6 is 0 Å². The zero-order valence-corrected chi connectivity index (χ0v) is 15.8. The normalized spacial score (nSPS) is 12.1. The van der Waals surface area contributed by atoms with Gasteiger partial charge in [-0.3, -0.25) is 5.43 Å². The SMILES string of the molecule is CC(C)(C)c1ccc(S(=O)(=O)n2ccc3nc(NNC(=O)O)cnc32)cc1. The highest BCUT2D eigenvalue weighted by atomic mass is 32.2. The molecule has 10 heteroatoms. The number of fused-ring (bicyclic) bond motifs is 1. The Kier molecular flexibility index (Phi) is 4.52. The van der Waals surface area contributed by atoms with E-state index in [1.54, 1.807) is 24.3 Å². The van der Waals surface area contributed by atoms with Crippen LogP contribution < -0.4 is 10.9 Å². The Morgan fingerprint density at radius 1 is 1.15 bits per heavy atom. The number of nitrogens with zero attached hydrogens (tertiary/aromatic N) is 3. The van der Waals surface area contributed by atoms with Gasteiger partial charge in [-0.25, -0.2) is 32.6 Å². The number of hydrogen-bond acceptors (Lipinski definition) is 6. The summed E-state index contributed by atoms with van der Waals surface area (Å²) in [6, 6.07) is 8.23. The van der Waals surface area contributed by atoms with Crippen LogP contribution in [0.5, 0.6) is 0 Å². The van der Waals surface area contributed by atoms with Crippen molar-refractivity contribution in [3.63, 3.8) is 0 Å². The number of hydrazine groups is 1. The largest absolute Gasteiger partial charge is 0.464 e. The van der Waals surface area contributed by atoms with Crippen LogP contribution in [0.1, 0.15) is 26.3 Å². The molecular formula is C17H19N5O4S. The minimum Gasteiger partial charge on any atom is -0.464 e. The van der Waals surface area contributed by atoms with Gasteiger partial charge in [-0.05, 0) is 29.2 Å². The van der Waals surface area contributed by atoms with Crippen LogP contribution in [0.25, 0.3) is 11.2 Å². The third kappa shape index (κ3) is 3.70. The molecule has 142 valence electrons. The van der Waals surface area contributed by atoms with Crippen molar-refractivity contribution >= 4 is 33.1 Å². The molecule has 0 aliphatic heterocycles. The Morgan fingerprint density at radius 3 is 2.41 bits per heavy atom. The average Bonchev–Trinajstić information content (AvgIpc) is 3.03. The Morgan fingerprint density at radius 2 is 1.81 bits per heavy atom. The van der Waals surface area contributed by atoms with E-state index in [4.69, 9.17) is 5.11 Å². The van der Waals surface area contributed by atoms with Crippen LogP contribution in [-0.4, -0.2) is 33.6 Å². The lowest BCUT2D eigenvalue weighted by molar-refractivity contribution is 0.197. The van der Waals surface area contributed by atoms with Crippen LogP contribution in [-0.2, 0) is 15.4 Å². The number of anilines is 1. The van der Waals surface area contributed by atoms with E-state index in [2.05, 4.69) is 36.2 Å². The molecule has 0 fully saturated rings. The molecule has 2 aromatic heterocycles. The summed E-state index contributed by atoms with van der Waals surface area (Å²) in [7, 11) is -3.84. The molecule has 0 unspecified atom stereocenters. The monoisotopic (exact) mass is 389 g/mol. The van der Waals surface area contributed by atoms with E-state index in [1.807, 2.05) is 5.43 Å². The molecule has 9 nitrogen and oxygen atoms in total. The summed E-state index contributed by atoms with van der Waals surface area (Å²) in [5.41, 5.74) is 5.70. The molecule has 0 bridgehead atoms. The van der Waals surface area contributed by atoms with Crippen LogP contribution in [0, 0.1) is 0 Å². The minimum atomic E-state index is -3.84. The summed E-state index contributed by atoms with van der Waals surface area (Å²) in [5.74, 6) is 0.148. The number of hydrogen-bond donors (Lipinski definition) is 3. The number of benzene rings is 1. The van der Waals surface area contributed by atoms with Crippen molar-refractivity contribution in [3.8, 4) is 0 Å². The second-order valence-corrected chi connectivity index (χ2v) is 8.73. The van der Waals surface area contributed by atoms with E-state index in [-0.39, 0.29) is 21.8 Å². The third-order valence-corrected chi connectivity index (χ3v) is 5.61. The summed E-state index contributed by atoms with van der Waals surface area (Å²) in [4.78, 5) is 18.9. The Bertz CT molecular complexity index is 1100. The molecule has 0 saturated carbocycles. The first-order valence-electron chi connectivity index (χ1n) is 8.04. The smallest absolute Gasteiger partial charge is 0.423 e. The van der Waals surface area contributed by atoms with Gasteiger partial charge in [0.25, 0.3) is 10.0 Å². The maximum Gasteiger partial charge on any atom is 0.423 e. The molecule has 0 aliphatic carbocycles. The highest BCUT2D eigenvalue weighted by Gasteiger charge is 2.21. The predicted octanol–water partition coefficient (Wildman–Crippen LogP) is 2.56. The van der Waals surface area contributed by atoms with E-state index < -0.39 is 16.1 Å². The molecule has 0 spiro atoms. The first-order chi connectivity index (χ1) is 12.6. The first-order valence-corrected chi connectivity index (χ1v) is 9.48. The summed E-state index contributed by atoms with van der Waals surface area (Å²) in [5, 5.41) is 8.59. The number of rotatable bonds is 4. The number of carbonyl (C=O) groups is 1. The molecule has 0 atom stereocenters. The number of amides is 1. The van der Waals surface area contributed by atoms with Gasteiger partial charge in [0.1, 0.15) is 5.52 Å². The van der Waals surface area contributed by atoms with Crippen molar-refractivity contribution in [1.29, 1.82) is 0 Å². The molecule has 3 aromatic rings. The molecule has 0 radical (unpaired) electrons. The lowest BCUT2D eigenvalue weighted by atomic mass is 9.87. The number of carboxylic acid groups (broad SMARTS) is 1. The highest BCUT2D eigenvalue weighted by molar-refractivity contribution is 7.90. The van der Waals surface area contributed by atoms with Gasteiger partial charge in [-0.2, -0.15) is 0 Å². The van der Waals surface area contributed by atoms with Gasteiger partial charge < -0.3 is 5.11 Å². The molecule has 1 aromatic carbocycles. The Labute approximate surface area is 156 Å². The van der Waals surface area contributed by atoms with Crippen LogP contribution in [0.2, 0.25) is 0 Å². The summed E-state index contributed by atoms with van der Waals surface area (Å²) < 4.78 is 27.0. The molecule has 2 heterocycles. The van der Waals surface area contributed by atoms with Crippen molar-refractivity contribution in [1.82, 2.24) is 19.4 Å². The van der Waals surface area contributed by atoms with Crippen molar-refractivity contribution in [2.75, 3.05) is 5.43 Å². The fourth-order valence-corrected chi connectivity index (χ4v) is 3.80. The maximum absolute atomic E-state index is 13.0. The molecule has 1 amide bonds. The Hall–Kier alpha value is -3.14. The van der Waals surface area contributed by atoms with Gasteiger partial charge >= 0.3 is 6.09 Å². The molecular weight excluding hydrogens is 370 g/mol. The van der Waals surface area contributed by atoms with Gasteiger partial charge in [0.2, 0.25) is 0 Å². The fraction of sp³-hybridized carbons (Fsp3) is 0.235. The van der Waals surface area contributed by atoms with Crippen LogP contribution in [0.3, 0.4) is 0 Å². The third-order valence-electron chi connectivity index (χ3n) is 3.93. The van der Waals surface area contributed by atoms with Crippen molar-refractivity contribution in [2.45, 2.75) is 31.1 Å². The van der Waals surface area contributed by atoms with Gasteiger partial charge in [-0.15, -0.1) is 0 Å². The number of nitrogens with one attached hydrogen (secondary N) is 2. The summed E-state index contributed by atoms with van der Waals surface area (Å²) >= 11 is 0. The molecule has 3 rings (SSSR count). The molecule has 3 N–H and O–H groups in total. The number of aromatic nitrogens is 3. The zero-order chi connectivity index (χ0) is 19.8. The van der Waals surface area contributed by atoms with Gasteiger partial charge in [0.05, 0.1) is 11.1 Å². The average molecular weight is 389 g/mol. The van der Waals surface area contributed by atoms with Crippen LogP contribution in [0.4, 0.5) is 10.6 Å². The van der Waals surface area contributed by atoms with Crippen molar-refractivity contribution in [2.24, 2.45) is 0 Å². The van der Waals surface area contributed by atoms with E-state index in [9.17, 15) is 13.2 Å². The topological polar surface area (TPSA) is 126 Å². The lowest BCUT2D eigenvalue weighted by Gasteiger charge is -2.19. The van der Waals surface area contributed by atoms with Gasteiger partial charge in [-0.1, -0.05) is 32.9 Å². The summed E-state index contributed by atoms with van der Waals surface area (Å²) in [6.07, 6.45) is 1.33. The van der Waals surface area contributed by atoms with E-state index >= 15 is 0 Å². The second kappa shape index (κ2) is 6.54. The molecule has 27 heavy (non-hydrogen) atoms. The summed E-state index contributed by atoms with van der Waals surface area (Å²) in [6.45, 7) is 6.16. The van der Waals surface area contributed by atoms with Crippen molar-refractivity contribution in [3.05, 3.63) is 48.3 Å². The van der Waals surface area contributed by atoms with Crippen LogP contribution in [0.15, 0.2) is 47.6 Å². The molecule has 0 saturated heterocycles. The van der Waals surface area contributed by atoms with Gasteiger partial charge in [0.15, 0.2) is 11.5 Å². The first kappa shape index (κ1) is 18.6. The predicted molar refractivity (Wildman–Crippen MR) is 100 cm³/mol. The maximum atomic E-state index is 13.0. The van der Waals surface area contributed by atoms with E-state index in [1.165, 1.54) is 18.5 Å². The Balaban J connectivity index is 1.97. The van der Waals surface area contributed by atoms with E-state index in [0.29, 0.717) is 5.52 Å². The van der Waals surface area contributed by atoms with Crippen molar-refractivity contribution < 1.29 is 18.3 Å². The minimum absolute atomic E-state index is 0.0820. The van der Waals surface area contributed by atoms with Gasteiger partial charge in [0, 0.05) is 6.20 Å². The fourth-order valence-electron chi connectivity index (χ4n) is 2.50. The second-order valence-electron chi connectivity index (χ2n) is 6.91. The zero-order valence-electron chi connectivity index (χ0n) is 15.0. The van der Waals surface area contributed by atoms with E-state index in [0.717, 1.165) is 9.54 Å². The standard InChI is InChI=1S/C17H19N5O4S/c1-17(2,3)11-4-6-12(7-5-11)27(25,26)22-9-8-13-15(22)18-10-14(19-13)20-21-16(23)24/h4-10,21H,1-3H3,(H,19,20)(H,23,24). The quantitative estimate of drug-likeness (QED) is 0.585.